The maximum absolute atomic E-state index is 9.32. The van der Waals surface area contributed by atoms with Crippen molar-refractivity contribution in [3.05, 3.63) is 12.2 Å². The minimum absolute atomic E-state index is 0.0694. The summed E-state index contributed by atoms with van der Waals surface area (Å²) in [5.74, 6) is 0.429. The number of aliphatic hydroxyl groups is 1. The molecule has 1 aliphatic carbocycles. The molecule has 0 aromatic carbocycles. The van der Waals surface area contributed by atoms with Crippen molar-refractivity contribution in [2.24, 2.45) is 5.92 Å². The van der Waals surface area contributed by atoms with Crippen molar-refractivity contribution in [2.75, 3.05) is 0 Å². The molecule has 1 heteroatoms. The molecule has 0 radical (unpaired) electrons. The fraction of sp³-hybridized carbons (Fsp3) is 0.750. The van der Waals surface area contributed by atoms with Gasteiger partial charge in [0.15, 0.2) is 0 Å². The molecule has 0 heterocycles. The highest BCUT2D eigenvalue weighted by Crippen LogP contribution is 2.19. The highest BCUT2D eigenvalue weighted by molar-refractivity contribution is 4.96. The molecule has 1 aliphatic rings. The Labute approximate surface area is 56.4 Å². The zero-order valence-corrected chi connectivity index (χ0v) is 5.88. The molecule has 0 unspecified atom stereocenters. The van der Waals surface area contributed by atoms with Gasteiger partial charge in [-0.05, 0) is 19.3 Å². The van der Waals surface area contributed by atoms with Crippen LogP contribution in [0.3, 0.4) is 0 Å². The van der Waals surface area contributed by atoms with E-state index in [1.807, 2.05) is 0 Å². The molecule has 0 aliphatic heterocycles. The summed E-state index contributed by atoms with van der Waals surface area (Å²) in [6.45, 7) is 2.11. The van der Waals surface area contributed by atoms with Crippen molar-refractivity contribution in [2.45, 2.75) is 32.3 Å². The third-order valence-electron chi connectivity index (χ3n) is 1.98. The van der Waals surface area contributed by atoms with E-state index in [2.05, 4.69) is 19.1 Å². The van der Waals surface area contributed by atoms with Gasteiger partial charge in [-0.25, -0.2) is 0 Å². The average Bonchev–Trinajstić information content (AvgIpc) is 1.89. The van der Waals surface area contributed by atoms with Crippen LogP contribution in [0.4, 0.5) is 0 Å². The normalized spacial score (nSPS) is 34.9. The molecule has 0 fully saturated rings. The minimum Gasteiger partial charge on any atom is -0.393 e. The van der Waals surface area contributed by atoms with Gasteiger partial charge in [0.2, 0.25) is 0 Å². The third kappa shape index (κ3) is 1.55. The monoisotopic (exact) mass is 126 g/mol. The summed E-state index contributed by atoms with van der Waals surface area (Å²) in [5, 5.41) is 9.32. The molecule has 0 bridgehead atoms. The molecule has 0 saturated heterocycles. The van der Waals surface area contributed by atoms with Crippen molar-refractivity contribution < 1.29 is 5.11 Å². The number of aliphatic hydroxyl groups excluding tert-OH is 1. The first kappa shape index (κ1) is 6.81. The maximum atomic E-state index is 9.32. The molecule has 2 atom stereocenters. The van der Waals surface area contributed by atoms with Gasteiger partial charge in [-0.15, -0.1) is 0 Å². The van der Waals surface area contributed by atoms with Gasteiger partial charge < -0.3 is 5.11 Å². The predicted octanol–water partition coefficient (Wildman–Crippen LogP) is 1.72. The van der Waals surface area contributed by atoms with Crippen LogP contribution in [0, 0.1) is 5.92 Å². The fourth-order valence-corrected chi connectivity index (χ4v) is 1.29. The van der Waals surface area contributed by atoms with E-state index in [0.717, 1.165) is 19.3 Å². The molecule has 1 N–H and O–H groups in total. The molecule has 0 aromatic heterocycles. The number of hydrogen-bond donors (Lipinski definition) is 1. The van der Waals surface area contributed by atoms with Crippen LogP contribution in [0.15, 0.2) is 12.2 Å². The molecule has 0 saturated carbocycles. The Balaban J connectivity index is 2.46. The number of hydrogen-bond acceptors (Lipinski definition) is 1. The van der Waals surface area contributed by atoms with Crippen molar-refractivity contribution >= 4 is 0 Å². The van der Waals surface area contributed by atoms with Crippen molar-refractivity contribution in [1.82, 2.24) is 0 Å². The molecule has 0 amide bonds. The van der Waals surface area contributed by atoms with Gasteiger partial charge in [0.1, 0.15) is 0 Å². The summed E-state index contributed by atoms with van der Waals surface area (Å²) in [5.41, 5.74) is 0. The van der Waals surface area contributed by atoms with Crippen LogP contribution < -0.4 is 0 Å². The van der Waals surface area contributed by atoms with Crippen LogP contribution in [0.2, 0.25) is 0 Å². The standard InChI is InChI=1S/C8H14O/c1-2-7-5-3-4-6-8(7)9/h3,5,7-9H,2,4,6H2,1H3/t7-,8-/m0/s1. The highest BCUT2D eigenvalue weighted by Gasteiger charge is 2.15. The first-order valence-corrected chi connectivity index (χ1v) is 3.69. The second-order valence-electron chi connectivity index (χ2n) is 2.64. The van der Waals surface area contributed by atoms with E-state index in [4.69, 9.17) is 0 Å². The predicted molar refractivity (Wildman–Crippen MR) is 38.2 cm³/mol. The Bertz CT molecular complexity index is 107. The van der Waals surface area contributed by atoms with Gasteiger partial charge in [-0.2, -0.15) is 0 Å². The number of allylic oxidation sites excluding steroid dienone is 1. The van der Waals surface area contributed by atoms with Gasteiger partial charge in [0.05, 0.1) is 6.10 Å². The summed E-state index contributed by atoms with van der Waals surface area (Å²) >= 11 is 0. The van der Waals surface area contributed by atoms with Gasteiger partial charge in [-0.1, -0.05) is 19.1 Å². The topological polar surface area (TPSA) is 20.2 Å². The lowest BCUT2D eigenvalue weighted by molar-refractivity contribution is 0.114. The summed E-state index contributed by atoms with van der Waals surface area (Å²) in [6, 6.07) is 0. The average molecular weight is 126 g/mol. The van der Waals surface area contributed by atoms with Gasteiger partial charge in [0, 0.05) is 5.92 Å². The summed E-state index contributed by atoms with van der Waals surface area (Å²) < 4.78 is 0. The summed E-state index contributed by atoms with van der Waals surface area (Å²) in [7, 11) is 0. The van der Waals surface area contributed by atoms with Crippen molar-refractivity contribution in [3.63, 3.8) is 0 Å². The lowest BCUT2D eigenvalue weighted by Gasteiger charge is -2.20. The molecule has 52 valence electrons. The largest absolute Gasteiger partial charge is 0.393 e. The van der Waals surface area contributed by atoms with Crippen LogP contribution in [-0.4, -0.2) is 11.2 Å². The van der Waals surface area contributed by atoms with Crippen molar-refractivity contribution in [3.8, 4) is 0 Å². The van der Waals surface area contributed by atoms with E-state index >= 15 is 0 Å². The Morgan fingerprint density at radius 1 is 1.67 bits per heavy atom. The van der Waals surface area contributed by atoms with Crippen LogP contribution in [0.1, 0.15) is 26.2 Å². The summed E-state index contributed by atoms with van der Waals surface area (Å²) in [6.07, 6.45) is 7.30. The zero-order valence-electron chi connectivity index (χ0n) is 5.88. The van der Waals surface area contributed by atoms with E-state index in [-0.39, 0.29) is 6.10 Å². The van der Waals surface area contributed by atoms with Gasteiger partial charge in [0.25, 0.3) is 0 Å². The first-order valence-electron chi connectivity index (χ1n) is 3.69. The molecule has 1 nitrogen and oxygen atoms in total. The maximum Gasteiger partial charge on any atom is 0.0605 e. The van der Waals surface area contributed by atoms with Crippen LogP contribution in [-0.2, 0) is 0 Å². The van der Waals surface area contributed by atoms with Gasteiger partial charge in [-0.3, -0.25) is 0 Å². The van der Waals surface area contributed by atoms with E-state index < -0.39 is 0 Å². The SMILES string of the molecule is CC[C@H]1C=CCC[C@@H]1O. The lowest BCUT2D eigenvalue weighted by atomic mass is 9.91. The minimum atomic E-state index is -0.0694. The van der Waals surface area contributed by atoms with E-state index in [1.54, 1.807) is 0 Å². The Morgan fingerprint density at radius 3 is 2.89 bits per heavy atom. The molecule has 0 spiro atoms. The Hall–Kier alpha value is -0.300. The molecular weight excluding hydrogens is 112 g/mol. The van der Waals surface area contributed by atoms with Crippen molar-refractivity contribution in [1.29, 1.82) is 0 Å². The van der Waals surface area contributed by atoms with Crippen LogP contribution >= 0.6 is 0 Å². The lowest BCUT2D eigenvalue weighted by Crippen LogP contribution is -2.19. The third-order valence-corrected chi connectivity index (χ3v) is 1.98. The smallest absolute Gasteiger partial charge is 0.0605 e. The highest BCUT2D eigenvalue weighted by atomic mass is 16.3. The molecule has 0 aromatic rings. The zero-order chi connectivity index (χ0) is 6.69. The van der Waals surface area contributed by atoms with Crippen LogP contribution in [0.5, 0.6) is 0 Å². The second kappa shape index (κ2) is 3.02. The molecular formula is C8H14O. The number of rotatable bonds is 1. The molecule has 1 rings (SSSR count). The second-order valence-corrected chi connectivity index (χ2v) is 2.64. The summed E-state index contributed by atoms with van der Waals surface area (Å²) in [4.78, 5) is 0. The van der Waals surface area contributed by atoms with E-state index in [0.29, 0.717) is 5.92 Å². The Kier molecular flexibility index (Phi) is 2.29. The van der Waals surface area contributed by atoms with E-state index in [9.17, 15) is 5.11 Å². The fourth-order valence-electron chi connectivity index (χ4n) is 1.29. The first-order chi connectivity index (χ1) is 4.34. The van der Waals surface area contributed by atoms with Gasteiger partial charge >= 0.3 is 0 Å². The Morgan fingerprint density at radius 2 is 2.44 bits per heavy atom. The molecule has 9 heavy (non-hydrogen) atoms. The van der Waals surface area contributed by atoms with E-state index in [1.165, 1.54) is 0 Å². The quantitative estimate of drug-likeness (QED) is 0.530. The van der Waals surface area contributed by atoms with Crippen LogP contribution in [0.25, 0.3) is 0 Å².